The maximum atomic E-state index is 13.7. The van der Waals surface area contributed by atoms with Gasteiger partial charge in [-0.1, -0.05) is 0 Å². The third-order valence-electron chi connectivity index (χ3n) is 2.61. The Balaban J connectivity index is 2.27. The molecule has 0 saturated heterocycles. The Labute approximate surface area is 117 Å². The molecule has 1 N–H and O–H groups in total. The lowest BCUT2D eigenvalue weighted by Crippen LogP contribution is -2.10. The number of nitrogens with zero attached hydrogens (tertiary/aromatic N) is 2. The minimum atomic E-state index is -1.00. The van der Waals surface area contributed by atoms with Gasteiger partial charge in [-0.3, -0.25) is 10.1 Å². The molecule has 0 fully saturated rings. The van der Waals surface area contributed by atoms with Gasteiger partial charge in [0.1, 0.15) is 10.7 Å². The number of hydrogen-bond donors (Lipinski definition) is 1. The number of thiazole rings is 1. The average molecular weight is 299 g/mol. The molecule has 0 aliphatic carbocycles. The normalized spacial score (nSPS) is 12.2. The van der Waals surface area contributed by atoms with E-state index in [1.54, 1.807) is 6.92 Å². The summed E-state index contributed by atoms with van der Waals surface area (Å²) in [6.07, 6.45) is 0. The molecule has 0 bridgehead atoms. The van der Waals surface area contributed by atoms with Gasteiger partial charge < -0.3 is 5.32 Å². The maximum Gasteiger partial charge on any atom is 0.275 e. The van der Waals surface area contributed by atoms with E-state index in [2.05, 4.69) is 10.3 Å². The Morgan fingerprint density at radius 2 is 2.00 bits per heavy atom. The van der Waals surface area contributed by atoms with Crippen LogP contribution in [0.5, 0.6) is 0 Å². The van der Waals surface area contributed by atoms with E-state index in [0.717, 1.165) is 5.69 Å². The molecule has 0 aliphatic heterocycles. The van der Waals surface area contributed by atoms with E-state index in [0.29, 0.717) is 17.1 Å². The summed E-state index contributed by atoms with van der Waals surface area (Å²) in [5.41, 5.74) is -0.192. The number of nitro benzene ring substituents is 1. The maximum absolute atomic E-state index is 13.7. The van der Waals surface area contributed by atoms with Gasteiger partial charge in [0.15, 0.2) is 11.6 Å². The van der Waals surface area contributed by atoms with Gasteiger partial charge in [-0.05, 0) is 13.8 Å². The van der Waals surface area contributed by atoms with Crippen LogP contribution in [0.3, 0.4) is 0 Å². The Morgan fingerprint density at radius 3 is 2.45 bits per heavy atom. The van der Waals surface area contributed by atoms with Gasteiger partial charge in [0, 0.05) is 11.1 Å². The first-order chi connectivity index (χ1) is 9.38. The van der Waals surface area contributed by atoms with Gasteiger partial charge in [0.2, 0.25) is 0 Å². The fourth-order valence-electron chi connectivity index (χ4n) is 1.65. The minimum absolute atomic E-state index is 0.393. The highest BCUT2D eigenvalue weighted by molar-refractivity contribution is 7.09. The molecule has 0 aliphatic rings. The highest BCUT2D eigenvalue weighted by Gasteiger charge is 2.19. The summed E-state index contributed by atoms with van der Waals surface area (Å²) in [6, 6.07) is 0.968. The number of rotatable bonds is 4. The fraction of sp³-hybridized carbons (Fsp3) is 0.250. The quantitative estimate of drug-likeness (QED) is 0.688. The Morgan fingerprint density at radius 1 is 1.40 bits per heavy atom. The van der Waals surface area contributed by atoms with E-state index in [1.165, 1.54) is 11.3 Å². The molecule has 20 heavy (non-hydrogen) atoms. The van der Waals surface area contributed by atoms with Crippen molar-refractivity contribution in [3.8, 4) is 0 Å². The van der Waals surface area contributed by atoms with Crippen LogP contribution in [0.1, 0.15) is 23.7 Å². The number of aryl methyl sites for hydroxylation is 1. The zero-order valence-corrected chi connectivity index (χ0v) is 11.5. The number of nitro groups is 1. The summed E-state index contributed by atoms with van der Waals surface area (Å²) in [5.74, 6) is -2.01. The first-order valence-electron chi connectivity index (χ1n) is 5.70. The number of benzene rings is 1. The molecular formula is C12H11F2N3O2S. The SMILES string of the molecule is Cc1csc(C(C)Nc2c(F)cc([N+](=O)[O-])cc2F)n1. The van der Waals surface area contributed by atoms with Crippen LogP contribution in [0, 0.1) is 28.7 Å². The first kappa shape index (κ1) is 14.3. The Kier molecular flexibility index (Phi) is 3.93. The van der Waals surface area contributed by atoms with Gasteiger partial charge >= 0.3 is 0 Å². The van der Waals surface area contributed by atoms with Crippen LogP contribution < -0.4 is 5.32 Å². The molecule has 1 atom stereocenters. The monoisotopic (exact) mass is 299 g/mol. The van der Waals surface area contributed by atoms with Gasteiger partial charge in [-0.15, -0.1) is 11.3 Å². The van der Waals surface area contributed by atoms with Crippen molar-refractivity contribution in [1.82, 2.24) is 4.98 Å². The van der Waals surface area contributed by atoms with Crippen LogP contribution in [-0.4, -0.2) is 9.91 Å². The van der Waals surface area contributed by atoms with E-state index in [-0.39, 0.29) is 0 Å². The predicted molar refractivity (Wildman–Crippen MR) is 71.9 cm³/mol. The van der Waals surface area contributed by atoms with Crippen LogP contribution in [0.2, 0.25) is 0 Å². The molecule has 0 amide bonds. The van der Waals surface area contributed by atoms with Crippen molar-refractivity contribution in [1.29, 1.82) is 0 Å². The second kappa shape index (κ2) is 5.49. The molecule has 0 radical (unpaired) electrons. The van der Waals surface area contributed by atoms with Crippen molar-refractivity contribution in [2.24, 2.45) is 0 Å². The van der Waals surface area contributed by atoms with Crippen LogP contribution in [0.4, 0.5) is 20.2 Å². The smallest absolute Gasteiger partial charge is 0.275 e. The van der Waals surface area contributed by atoms with E-state index < -0.39 is 34.0 Å². The van der Waals surface area contributed by atoms with E-state index in [9.17, 15) is 18.9 Å². The fourth-order valence-corrected chi connectivity index (χ4v) is 2.46. The lowest BCUT2D eigenvalue weighted by Gasteiger charge is -2.14. The summed E-state index contributed by atoms with van der Waals surface area (Å²) in [4.78, 5) is 13.9. The highest BCUT2D eigenvalue weighted by Crippen LogP contribution is 2.29. The number of non-ortho nitro benzene ring substituents is 1. The third-order valence-corrected chi connectivity index (χ3v) is 3.75. The van der Waals surface area contributed by atoms with Crippen LogP contribution >= 0.6 is 11.3 Å². The number of anilines is 1. The van der Waals surface area contributed by atoms with Crippen molar-refractivity contribution in [2.45, 2.75) is 19.9 Å². The lowest BCUT2D eigenvalue weighted by atomic mass is 10.2. The lowest BCUT2D eigenvalue weighted by molar-refractivity contribution is -0.385. The van der Waals surface area contributed by atoms with Crippen LogP contribution in [0.25, 0.3) is 0 Å². The van der Waals surface area contributed by atoms with Crippen LogP contribution in [-0.2, 0) is 0 Å². The Bertz CT molecular complexity index is 637. The van der Waals surface area contributed by atoms with Crippen molar-refractivity contribution in [3.63, 3.8) is 0 Å². The van der Waals surface area contributed by atoms with Gasteiger partial charge in [-0.2, -0.15) is 0 Å². The number of halogens is 2. The second-order valence-electron chi connectivity index (χ2n) is 4.23. The van der Waals surface area contributed by atoms with E-state index >= 15 is 0 Å². The highest BCUT2D eigenvalue weighted by atomic mass is 32.1. The van der Waals surface area contributed by atoms with Gasteiger partial charge in [0.05, 0.1) is 23.1 Å². The van der Waals surface area contributed by atoms with Crippen molar-refractivity contribution in [2.75, 3.05) is 5.32 Å². The third kappa shape index (κ3) is 2.90. The summed E-state index contributed by atoms with van der Waals surface area (Å²) in [7, 11) is 0. The number of hydrogen-bond acceptors (Lipinski definition) is 5. The summed E-state index contributed by atoms with van der Waals surface area (Å²) in [5, 5.41) is 15.7. The molecule has 1 aromatic heterocycles. The van der Waals surface area contributed by atoms with Crippen molar-refractivity contribution in [3.05, 3.63) is 50.0 Å². The van der Waals surface area contributed by atoms with Gasteiger partial charge in [-0.25, -0.2) is 13.8 Å². The molecule has 0 spiro atoms. The average Bonchev–Trinajstić information content (AvgIpc) is 2.80. The molecule has 106 valence electrons. The van der Waals surface area contributed by atoms with Crippen molar-refractivity contribution < 1.29 is 13.7 Å². The Hall–Kier alpha value is -2.09. The predicted octanol–water partition coefficient (Wildman–Crippen LogP) is 3.81. The second-order valence-corrected chi connectivity index (χ2v) is 5.12. The standard InChI is InChI=1S/C12H11F2N3O2S/c1-6-5-20-12(15-6)7(2)16-11-9(13)3-8(17(18)19)4-10(11)14/h3-5,7,16H,1-2H3. The zero-order chi connectivity index (χ0) is 14.9. The zero-order valence-electron chi connectivity index (χ0n) is 10.7. The molecule has 1 unspecified atom stereocenters. The largest absolute Gasteiger partial charge is 0.371 e. The molecule has 1 heterocycles. The molecular weight excluding hydrogens is 288 g/mol. The number of aromatic nitrogens is 1. The molecule has 2 aromatic rings. The summed E-state index contributed by atoms with van der Waals surface area (Å²) in [6.45, 7) is 3.53. The topological polar surface area (TPSA) is 68.1 Å². The van der Waals surface area contributed by atoms with E-state index in [1.807, 2.05) is 12.3 Å². The van der Waals surface area contributed by atoms with Crippen LogP contribution in [0.15, 0.2) is 17.5 Å². The molecule has 2 rings (SSSR count). The molecule has 0 saturated carbocycles. The molecule has 5 nitrogen and oxygen atoms in total. The first-order valence-corrected chi connectivity index (χ1v) is 6.58. The van der Waals surface area contributed by atoms with Gasteiger partial charge in [0.25, 0.3) is 5.69 Å². The summed E-state index contributed by atoms with van der Waals surface area (Å²) < 4.78 is 27.5. The molecule has 8 heteroatoms. The minimum Gasteiger partial charge on any atom is -0.371 e. The molecule has 1 aromatic carbocycles. The van der Waals surface area contributed by atoms with Crippen molar-refractivity contribution >= 4 is 22.7 Å². The number of nitrogens with one attached hydrogen (secondary N) is 1. The summed E-state index contributed by atoms with van der Waals surface area (Å²) >= 11 is 1.37. The van der Waals surface area contributed by atoms with E-state index in [4.69, 9.17) is 0 Å².